The number of carboxylic acids is 1. The number of hydrogen-bond donors (Lipinski definition) is 2. The van der Waals surface area contributed by atoms with E-state index < -0.39 is 17.4 Å². The molecule has 1 heterocycles. The average molecular weight is 272 g/mol. The summed E-state index contributed by atoms with van der Waals surface area (Å²) in [6.45, 7) is 3.22. The van der Waals surface area contributed by atoms with E-state index in [2.05, 4.69) is 10.3 Å². The Morgan fingerprint density at radius 2 is 2.10 bits per heavy atom. The number of carbonyl (C=O) groups excluding carboxylic acids is 1. The molecule has 1 atom stereocenters. The number of fused-ring (bicyclic) bond motifs is 1. The number of nitrogens with one attached hydrogen (secondary N) is 1. The van der Waals surface area contributed by atoms with Crippen LogP contribution in [0.4, 0.5) is 0 Å². The average Bonchev–Trinajstić information content (AvgIpc) is 2.46. The van der Waals surface area contributed by atoms with Crippen molar-refractivity contribution in [1.82, 2.24) is 10.3 Å². The SMILES string of the molecule is CCC(C)(NC(=O)c1ccc2ncccc2c1)C(=O)O. The predicted molar refractivity (Wildman–Crippen MR) is 75.5 cm³/mol. The van der Waals surface area contributed by atoms with Crippen LogP contribution < -0.4 is 5.32 Å². The van der Waals surface area contributed by atoms with Gasteiger partial charge in [-0.1, -0.05) is 13.0 Å². The normalized spacial score (nSPS) is 13.7. The zero-order valence-corrected chi connectivity index (χ0v) is 11.4. The molecule has 5 heteroatoms. The Morgan fingerprint density at radius 1 is 1.35 bits per heavy atom. The highest BCUT2D eigenvalue weighted by molar-refractivity contribution is 6.00. The highest BCUT2D eigenvalue weighted by Crippen LogP contribution is 2.15. The van der Waals surface area contributed by atoms with Crippen LogP contribution in [0.2, 0.25) is 0 Å². The van der Waals surface area contributed by atoms with Gasteiger partial charge in [0.15, 0.2) is 0 Å². The van der Waals surface area contributed by atoms with Crippen LogP contribution in [0.1, 0.15) is 30.6 Å². The van der Waals surface area contributed by atoms with Crippen LogP contribution in [0, 0.1) is 0 Å². The first-order chi connectivity index (χ1) is 9.46. The van der Waals surface area contributed by atoms with Crippen LogP contribution in [-0.2, 0) is 4.79 Å². The summed E-state index contributed by atoms with van der Waals surface area (Å²) >= 11 is 0. The van der Waals surface area contributed by atoms with E-state index in [9.17, 15) is 14.7 Å². The molecule has 0 saturated heterocycles. The van der Waals surface area contributed by atoms with Gasteiger partial charge in [-0.25, -0.2) is 4.79 Å². The molecule has 0 aliphatic carbocycles. The van der Waals surface area contributed by atoms with Gasteiger partial charge >= 0.3 is 5.97 Å². The van der Waals surface area contributed by atoms with E-state index in [-0.39, 0.29) is 0 Å². The highest BCUT2D eigenvalue weighted by atomic mass is 16.4. The topological polar surface area (TPSA) is 79.3 Å². The summed E-state index contributed by atoms with van der Waals surface area (Å²) in [5.74, 6) is -1.45. The number of rotatable bonds is 4. The first-order valence-electron chi connectivity index (χ1n) is 6.37. The molecule has 0 aliphatic heterocycles. The fraction of sp³-hybridized carbons (Fsp3) is 0.267. The number of aromatic nitrogens is 1. The molecule has 1 aromatic carbocycles. The van der Waals surface area contributed by atoms with Gasteiger partial charge in [0, 0.05) is 17.1 Å². The van der Waals surface area contributed by atoms with Crippen molar-refractivity contribution in [3.63, 3.8) is 0 Å². The minimum Gasteiger partial charge on any atom is -0.480 e. The van der Waals surface area contributed by atoms with Gasteiger partial charge in [0.1, 0.15) is 5.54 Å². The van der Waals surface area contributed by atoms with Crippen LogP contribution in [0.3, 0.4) is 0 Å². The van der Waals surface area contributed by atoms with Crippen molar-refractivity contribution in [3.8, 4) is 0 Å². The molecule has 5 nitrogen and oxygen atoms in total. The number of aliphatic carboxylic acids is 1. The molecule has 1 aromatic heterocycles. The Balaban J connectivity index is 2.29. The van der Waals surface area contributed by atoms with Gasteiger partial charge in [0.2, 0.25) is 0 Å². The van der Waals surface area contributed by atoms with Crippen LogP contribution in [-0.4, -0.2) is 27.5 Å². The molecule has 1 unspecified atom stereocenters. The van der Waals surface area contributed by atoms with Crippen molar-refractivity contribution in [2.75, 3.05) is 0 Å². The smallest absolute Gasteiger partial charge is 0.329 e. The van der Waals surface area contributed by atoms with E-state index >= 15 is 0 Å². The van der Waals surface area contributed by atoms with Crippen molar-refractivity contribution >= 4 is 22.8 Å². The zero-order chi connectivity index (χ0) is 14.8. The summed E-state index contributed by atoms with van der Waals surface area (Å²) in [5.41, 5.74) is -0.0481. The first kappa shape index (κ1) is 14.0. The van der Waals surface area contributed by atoms with Gasteiger partial charge in [-0.05, 0) is 37.6 Å². The molecule has 2 N–H and O–H groups in total. The van der Waals surface area contributed by atoms with Crippen LogP contribution >= 0.6 is 0 Å². The first-order valence-corrected chi connectivity index (χ1v) is 6.37. The van der Waals surface area contributed by atoms with Gasteiger partial charge < -0.3 is 10.4 Å². The Bertz CT molecular complexity index is 669. The van der Waals surface area contributed by atoms with Gasteiger partial charge in [-0.2, -0.15) is 0 Å². The molecule has 0 spiro atoms. The molecule has 0 fully saturated rings. The fourth-order valence-electron chi connectivity index (χ4n) is 1.83. The van der Waals surface area contributed by atoms with Crippen molar-refractivity contribution in [3.05, 3.63) is 42.1 Å². The maximum absolute atomic E-state index is 12.2. The number of nitrogens with zero attached hydrogens (tertiary/aromatic N) is 1. The lowest BCUT2D eigenvalue weighted by Gasteiger charge is -2.24. The monoisotopic (exact) mass is 272 g/mol. The van der Waals surface area contributed by atoms with E-state index in [1.54, 1.807) is 37.4 Å². The van der Waals surface area contributed by atoms with Gasteiger partial charge in [-0.15, -0.1) is 0 Å². The van der Waals surface area contributed by atoms with E-state index in [0.29, 0.717) is 12.0 Å². The number of pyridine rings is 1. The van der Waals surface area contributed by atoms with Crippen molar-refractivity contribution in [2.24, 2.45) is 0 Å². The summed E-state index contributed by atoms with van der Waals surface area (Å²) in [6, 6.07) is 8.74. The number of carbonyl (C=O) groups is 2. The fourth-order valence-corrected chi connectivity index (χ4v) is 1.83. The molecule has 104 valence electrons. The molecule has 0 bridgehead atoms. The third-order valence-corrected chi connectivity index (χ3v) is 3.43. The number of hydrogen-bond acceptors (Lipinski definition) is 3. The van der Waals surface area contributed by atoms with Crippen LogP contribution in [0.15, 0.2) is 36.5 Å². The minimum absolute atomic E-state index is 0.309. The molecule has 20 heavy (non-hydrogen) atoms. The van der Waals surface area contributed by atoms with Crippen LogP contribution in [0.5, 0.6) is 0 Å². The molecule has 2 aromatic rings. The molecule has 0 aliphatic rings. The summed E-state index contributed by atoms with van der Waals surface area (Å²) in [7, 11) is 0. The number of amides is 1. The Morgan fingerprint density at radius 3 is 2.75 bits per heavy atom. The Labute approximate surface area is 116 Å². The summed E-state index contributed by atoms with van der Waals surface area (Å²) in [5, 5.41) is 12.6. The molecule has 0 saturated carbocycles. The molecule has 0 radical (unpaired) electrons. The lowest BCUT2D eigenvalue weighted by molar-refractivity contribution is -0.143. The van der Waals surface area contributed by atoms with E-state index in [1.165, 1.54) is 6.92 Å². The third kappa shape index (κ3) is 2.61. The van der Waals surface area contributed by atoms with Gasteiger partial charge in [-0.3, -0.25) is 9.78 Å². The number of benzene rings is 1. The largest absolute Gasteiger partial charge is 0.480 e. The second kappa shape index (κ2) is 5.28. The standard InChI is InChI=1S/C15H16N2O3/c1-3-15(2,14(19)20)17-13(18)11-6-7-12-10(9-11)5-4-8-16-12/h4-9H,3H2,1-2H3,(H,17,18)(H,19,20). The zero-order valence-electron chi connectivity index (χ0n) is 11.4. The Hall–Kier alpha value is -2.43. The van der Waals surface area contributed by atoms with E-state index in [4.69, 9.17) is 0 Å². The molecular weight excluding hydrogens is 256 g/mol. The third-order valence-electron chi connectivity index (χ3n) is 3.43. The minimum atomic E-state index is -1.26. The number of carboxylic acid groups (broad SMARTS) is 1. The second-order valence-corrected chi connectivity index (χ2v) is 4.86. The van der Waals surface area contributed by atoms with Crippen molar-refractivity contribution in [1.29, 1.82) is 0 Å². The van der Waals surface area contributed by atoms with E-state index in [0.717, 1.165) is 10.9 Å². The predicted octanol–water partition coefficient (Wildman–Crippen LogP) is 2.22. The van der Waals surface area contributed by atoms with E-state index in [1.807, 2.05) is 6.07 Å². The maximum atomic E-state index is 12.2. The summed E-state index contributed by atoms with van der Waals surface area (Å²) < 4.78 is 0. The summed E-state index contributed by atoms with van der Waals surface area (Å²) in [4.78, 5) is 27.6. The highest BCUT2D eigenvalue weighted by Gasteiger charge is 2.32. The van der Waals surface area contributed by atoms with Gasteiger partial charge in [0.05, 0.1) is 5.52 Å². The van der Waals surface area contributed by atoms with Crippen molar-refractivity contribution in [2.45, 2.75) is 25.8 Å². The summed E-state index contributed by atoms with van der Waals surface area (Å²) in [6.07, 6.45) is 1.99. The lowest BCUT2D eigenvalue weighted by Crippen LogP contribution is -2.51. The van der Waals surface area contributed by atoms with Crippen LogP contribution in [0.25, 0.3) is 10.9 Å². The van der Waals surface area contributed by atoms with Crippen molar-refractivity contribution < 1.29 is 14.7 Å². The Kier molecular flexibility index (Phi) is 3.70. The molecule has 1 amide bonds. The molecular formula is C15H16N2O3. The quantitative estimate of drug-likeness (QED) is 0.894. The molecule has 2 rings (SSSR count). The lowest BCUT2D eigenvalue weighted by atomic mass is 9.98. The van der Waals surface area contributed by atoms with Gasteiger partial charge in [0.25, 0.3) is 5.91 Å². The maximum Gasteiger partial charge on any atom is 0.329 e. The second-order valence-electron chi connectivity index (χ2n) is 4.86.